The van der Waals surface area contributed by atoms with E-state index in [4.69, 9.17) is 5.11 Å². The molecule has 2 aromatic rings. The van der Waals surface area contributed by atoms with Crippen LogP contribution in [0.1, 0.15) is 0 Å². The fraction of sp³-hybridized carbons (Fsp3) is 0. The number of rotatable bonds is 0. The lowest BCUT2D eigenvalue weighted by atomic mass is 10.1. The van der Waals surface area contributed by atoms with Crippen LogP contribution in [0, 0.1) is 0 Å². The SMILES string of the molecule is Oc1ccc2cc(O)c(O)c(O)c2c1. The second-order valence-corrected chi connectivity index (χ2v) is 3.00. The minimum Gasteiger partial charge on any atom is -0.508 e. The maximum Gasteiger partial charge on any atom is 0.200 e. The molecule has 0 aromatic heterocycles. The van der Waals surface area contributed by atoms with E-state index in [1.54, 1.807) is 0 Å². The Morgan fingerprint density at radius 3 is 2.21 bits per heavy atom. The lowest BCUT2D eigenvalue weighted by Gasteiger charge is -2.05. The van der Waals surface area contributed by atoms with Crippen molar-refractivity contribution in [3.63, 3.8) is 0 Å². The van der Waals surface area contributed by atoms with Gasteiger partial charge in [-0.15, -0.1) is 0 Å². The first-order chi connectivity index (χ1) is 6.59. The van der Waals surface area contributed by atoms with Gasteiger partial charge in [-0.25, -0.2) is 0 Å². The summed E-state index contributed by atoms with van der Waals surface area (Å²) in [5.74, 6) is -1.42. The van der Waals surface area contributed by atoms with Crippen LogP contribution < -0.4 is 0 Å². The van der Waals surface area contributed by atoms with Crippen molar-refractivity contribution in [2.75, 3.05) is 0 Å². The third-order valence-corrected chi connectivity index (χ3v) is 2.05. The van der Waals surface area contributed by atoms with Gasteiger partial charge in [-0.2, -0.15) is 0 Å². The third kappa shape index (κ3) is 1.08. The summed E-state index contributed by atoms with van der Waals surface area (Å²) < 4.78 is 0. The molecule has 72 valence electrons. The van der Waals surface area contributed by atoms with E-state index in [1.165, 1.54) is 24.3 Å². The van der Waals surface area contributed by atoms with Crippen molar-refractivity contribution in [1.82, 2.24) is 0 Å². The van der Waals surface area contributed by atoms with E-state index < -0.39 is 11.5 Å². The minimum atomic E-state index is -0.580. The number of fused-ring (bicyclic) bond motifs is 1. The van der Waals surface area contributed by atoms with Gasteiger partial charge >= 0.3 is 0 Å². The maximum absolute atomic E-state index is 9.44. The third-order valence-electron chi connectivity index (χ3n) is 2.05. The summed E-state index contributed by atoms with van der Waals surface area (Å²) in [5.41, 5.74) is 0. The van der Waals surface area contributed by atoms with Gasteiger partial charge in [0.1, 0.15) is 5.75 Å². The zero-order valence-electron chi connectivity index (χ0n) is 7.10. The second kappa shape index (κ2) is 2.70. The number of phenolic OH excluding ortho intramolecular Hbond substituents is 4. The molecule has 0 aliphatic rings. The van der Waals surface area contributed by atoms with Crippen LogP contribution >= 0.6 is 0 Å². The molecule has 4 N–H and O–H groups in total. The standard InChI is InChI=1S/C10H8O4/c11-6-2-1-5-3-8(12)10(14)9(13)7(5)4-6/h1-4,11-14H. The molecule has 0 radical (unpaired) electrons. The van der Waals surface area contributed by atoms with Crippen LogP contribution in [0.4, 0.5) is 0 Å². The maximum atomic E-state index is 9.44. The second-order valence-electron chi connectivity index (χ2n) is 3.00. The van der Waals surface area contributed by atoms with Crippen molar-refractivity contribution in [3.8, 4) is 23.0 Å². The molecule has 0 heterocycles. The van der Waals surface area contributed by atoms with Crippen LogP contribution in [-0.2, 0) is 0 Å². The summed E-state index contributed by atoms with van der Waals surface area (Å²) >= 11 is 0. The lowest BCUT2D eigenvalue weighted by Crippen LogP contribution is -1.77. The molecule has 0 amide bonds. The van der Waals surface area contributed by atoms with Crippen molar-refractivity contribution >= 4 is 10.8 Å². The molecule has 4 heteroatoms. The van der Waals surface area contributed by atoms with Gasteiger partial charge in [-0.05, 0) is 23.6 Å². The molecule has 0 atom stereocenters. The average Bonchev–Trinajstić information content (AvgIpc) is 2.16. The molecule has 0 aliphatic heterocycles. The predicted octanol–water partition coefficient (Wildman–Crippen LogP) is 1.66. The highest BCUT2D eigenvalue weighted by Gasteiger charge is 2.10. The van der Waals surface area contributed by atoms with Gasteiger partial charge in [0.2, 0.25) is 5.75 Å². The molecular formula is C10H8O4. The molecule has 2 aromatic carbocycles. The van der Waals surface area contributed by atoms with Gasteiger partial charge in [0.25, 0.3) is 0 Å². The first-order valence-corrected chi connectivity index (χ1v) is 3.96. The first-order valence-electron chi connectivity index (χ1n) is 3.96. The van der Waals surface area contributed by atoms with Crippen LogP contribution in [0.5, 0.6) is 23.0 Å². The number of phenols is 4. The molecule has 0 aliphatic carbocycles. The molecule has 0 saturated heterocycles. The van der Waals surface area contributed by atoms with Gasteiger partial charge < -0.3 is 20.4 Å². The van der Waals surface area contributed by atoms with E-state index in [9.17, 15) is 15.3 Å². The Kier molecular flexibility index (Phi) is 1.64. The summed E-state index contributed by atoms with van der Waals surface area (Å²) in [5, 5.41) is 37.8. The molecule has 14 heavy (non-hydrogen) atoms. The topological polar surface area (TPSA) is 80.9 Å². The highest BCUT2D eigenvalue weighted by Crippen LogP contribution is 2.41. The van der Waals surface area contributed by atoms with E-state index in [2.05, 4.69) is 0 Å². The van der Waals surface area contributed by atoms with E-state index in [0.717, 1.165) is 0 Å². The van der Waals surface area contributed by atoms with Gasteiger partial charge in [0.15, 0.2) is 11.5 Å². The predicted molar refractivity (Wildman–Crippen MR) is 50.6 cm³/mol. The minimum absolute atomic E-state index is 0.0158. The fourth-order valence-corrected chi connectivity index (χ4v) is 1.34. The Hall–Kier alpha value is -2.10. The van der Waals surface area contributed by atoms with Crippen LogP contribution in [0.15, 0.2) is 24.3 Å². The van der Waals surface area contributed by atoms with Crippen LogP contribution in [0.3, 0.4) is 0 Å². The molecule has 4 nitrogen and oxygen atoms in total. The van der Waals surface area contributed by atoms with Crippen molar-refractivity contribution in [1.29, 1.82) is 0 Å². The van der Waals surface area contributed by atoms with E-state index >= 15 is 0 Å². The molecule has 0 unspecified atom stereocenters. The lowest BCUT2D eigenvalue weighted by molar-refractivity contribution is 0.371. The molecule has 2 rings (SSSR count). The Morgan fingerprint density at radius 2 is 1.50 bits per heavy atom. The number of hydrogen-bond acceptors (Lipinski definition) is 4. The molecule has 0 saturated carbocycles. The summed E-state index contributed by atoms with van der Waals surface area (Å²) in [7, 11) is 0. The van der Waals surface area contributed by atoms with Crippen LogP contribution in [0.2, 0.25) is 0 Å². The van der Waals surface area contributed by atoms with Crippen molar-refractivity contribution < 1.29 is 20.4 Å². The van der Waals surface area contributed by atoms with Gasteiger partial charge in [-0.1, -0.05) is 6.07 Å². The Balaban J connectivity index is 2.92. The molecular weight excluding hydrogens is 184 g/mol. The zero-order chi connectivity index (χ0) is 10.3. The van der Waals surface area contributed by atoms with Gasteiger partial charge in [0, 0.05) is 5.39 Å². The van der Waals surface area contributed by atoms with Gasteiger partial charge in [0.05, 0.1) is 0 Å². The number of aromatic hydroxyl groups is 4. The molecule has 0 fully saturated rings. The summed E-state index contributed by atoms with van der Waals surface area (Å²) in [6.07, 6.45) is 0. The Morgan fingerprint density at radius 1 is 0.786 bits per heavy atom. The van der Waals surface area contributed by atoms with Crippen molar-refractivity contribution in [3.05, 3.63) is 24.3 Å². The van der Waals surface area contributed by atoms with Crippen molar-refractivity contribution in [2.24, 2.45) is 0 Å². The largest absolute Gasteiger partial charge is 0.508 e. The Bertz CT molecular complexity index is 505. The van der Waals surface area contributed by atoms with Crippen LogP contribution in [0.25, 0.3) is 10.8 Å². The van der Waals surface area contributed by atoms with Crippen molar-refractivity contribution in [2.45, 2.75) is 0 Å². The quantitative estimate of drug-likeness (QED) is 0.478. The monoisotopic (exact) mass is 192 g/mol. The van der Waals surface area contributed by atoms with Crippen LogP contribution in [-0.4, -0.2) is 20.4 Å². The zero-order valence-corrected chi connectivity index (χ0v) is 7.10. The molecule has 0 spiro atoms. The molecule has 0 bridgehead atoms. The summed E-state index contributed by atoms with van der Waals surface area (Å²) in [6, 6.07) is 5.58. The highest BCUT2D eigenvalue weighted by atomic mass is 16.3. The summed E-state index contributed by atoms with van der Waals surface area (Å²) in [4.78, 5) is 0. The smallest absolute Gasteiger partial charge is 0.200 e. The number of benzene rings is 2. The van der Waals surface area contributed by atoms with E-state index in [0.29, 0.717) is 10.8 Å². The van der Waals surface area contributed by atoms with Gasteiger partial charge in [-0.3, -0.25) is 0 Å². The average molecular weight is 192 g/mol. The fourth-order valence-electron chi connectivity index (χ4n) is 1.34. The van der Waals surface area contributed by atoms with E-state index in [-0.39, 0.29) is 11.5 Å². The van der Waals surface area contributed by atoms with E-state index in [1.807, 2.05) is 0 Å². The highest BCUT2D eigenvalue weighted by molar-refractivity contribution is 5.93. The Labute approximate surface area is 79.3 Å². The normalized spacial score (nSPS) is 10.6. The summed E-state index contributed by atoms with van der Waals surface area (Å²) in [6.45, 7) is 0. The number of hydrogen-bond donors (Lipinski definition) is 4. The first kappa shape index (κ1) is 8.50.